The highest BCUT2D eigenvalue weighted by Crippen LogP contribution is 2.30. The van der Waals surface area contributed by atoms with Gasteiger partial charge in [-0.1, -0.05) is 48.0 Å². The van der Waals surface area contributed by atoms with E-state index in [2.05, 4.69) is 4.99 Å². The first kappa shape index (κ1) is 22.0. The third-order valence-corrected chi connectivity index (χ3v) is 4.88. The van der Waals surface area contributed by atoms with Crippen LogP contribution in [0.2, 0.25) is 5.02 Å². The number of carbonyl (C=O) groups is 2. The van der Waals surface area contributed by atoms with Gasteiger partial charge < -0.3 is 14.2 Å². The van der Waals surface area contributed by atoms with Crippen molar-refractivity contribution in [2.75, 3.05) is 7.11 Å². The topological polar surface area (TPSA) is 74.2 Å². The number of methoxy groups -OCH3 is 1. The zero-order valence-electron chi connectivity index (χ0n) is 17.5. The molecule has 6 nitrogen and oxygen atoms in total. The van der Waals surface area contributed by atoms with Crippen molar-refractivity contribution in [3.8, 4) is 11.5 Å². The van der Waals surface area contributed by atoms with E-state index in [9.17, 15) is 9.59 Å². The van der Waals surface area contributed by atoms with Crippen molar-refractivity contribution in [1.29, 1.82) is 0 Å². The number of aliphatic imine (C=N–C) groups is 1. The maximum atomic E-state index is 12.2. The van der Waals surface area contributed by atoms with Crippen LogP contribution in [0.5, 0.6) is 11.5 Å². The zero-order chi connectivity index (χ0) is 23.2. The number of cyclic esters (lactones) is 1. The lowest BCUT2D eigenvalue weighted by atomic mass is 10.1. The van der Waals surface area contributed by atoms with Gasteiger partial charge in [0.25, 0.3) is 0 Å². The van der Waals surface area contributed by atoms with E-state index in [0.29, 0.717) is 21.9 Å². The van der Waals surface area contributed by atoms with E-state index in [0.717, 1.165) is 5.56 Å². The molecule has 164 valence electrons. The van der Waals surface area contributed by atoms with Gasteiger partial charge in [0, 0.05) is 16.7 Å². The molecule has 0 bridgehead atoms. The molecule has 7 heteroatoms. The summed E-state index contributed by atoms with van der Waals surface area (Å²) in [5.41, 5.74) is 2.31. The average molecular weight is 460 g/mol. The Kier molecular flexibility index (Phi) is 6.66. The smallest absolute Gasteiger partial charge is 0.363 e. The van der Waals surface area contributed by atoms with Crippen molar-refractivity contribution < 1.29 is 23.8 Å². The van der Waals surface area contributed by atoms with Crippen molar-refractivity contribution in [1.82, 2.24) is 0 Å². The number of halogens is 1. The third-order valence-electron chi connectivity index (χ3n) is 4.62. The van der Waals surface area contributed by atoms with E-state index in [4.69, 9.17) is 25.8 Å². The number of ether oxygens (including phenoxy) is 3. The fourth-order valence-corrected chi connectivity index (χ4v) is 3.14. The second-order valence-corrected chi connectivity index (χ2v) is 7.35. The normalized spacial score (nSPS) is 14.3. The van der Waals surface area contributed by atoms with Crippen LogP contribution in [0.3, 0.4) is 0 Å². The molecule has 1 aliphatic rings. The predicted octanol–water partition coefficient (Wildman–Crippen LogP) is 5.31. The second kappa shape index (κ2) is 9.97. The number of esters is 2. The molecule has 0 spiro atoms. The summed E-state index contributed by atoms with van der Waals surface area (Å²) in [4.78, 5) is 28.7. The van der Waals surface area contributed by atoms with Gasteiger partial charge in [-0.15, -0.1) is 0 Å². The summed E-state index contributed by atoms with van der Waals surface area (Å²) in [7, 11) is 1.46. The number of rotatable bonds is 6. The Hall–Kier alpha value is -4.16. The lowest BCUT2D eigenvalue weighted by Crippen LogP contribution is -2.05. The zero-order valence-corrected chi connectivity index (χ0v) is 18.3. The summed E-state index contributed by atoms with van der Waals surface area (Å²) in [5.74, 6) is -0.289. The van der Waals surface area contributed by atoms with E-state index in [1.807, 2.05) is 30.3 Å². The molecule has 0 fully saturated rings. The fourth-order valence-electron chi connectivity index (χ4n) is 3.01. The second-order valence-electron chi connectivity index (χ2n) is 6.92. The van der Waals surface area contributed by atoms with Crippen molar-refractivity contribution >= 4 is 41.6 Å². The molecule has 0 unspecified atom stereocenters. The van der Waals surface area contributed by atoms with E-state index < -0.39 is 11.9 Å². The van der Waals surface area contributed by atoms with Gasteiger partial charge in [0.05, 0.1) is 7.11 Å². The lowest BCUT2D eigenvalue weighted by molar-refractivity contribution is -0.130. The highest BCUT2D eigenvalue weighted by atomic mass is 35.5. The fraction of sp³-hybridized carbons (Fsp3) is 0.0385. The molecule has 0 amide bonds. The largest absolute Gasteiger partial charge is 0.493 e. The molecule has 3 aromatic carbocycles. The van der Waals surface area contributed by atoms with Crippen LogP contribution in [-0.4, -0.2) is 24.9 Å². The van der Waals surface area contributed by atoms with Gasteiger partial charge in [-0.3, -0.25) is 0 Å². The van der Waals surface area contributed by atoms with Crippen LogP contribution in [0.1, 0.15) is 16.7 Å². The van der Waals surface area contributed by atoms with Crippen LogP contribution in [0.15, 0.2) is 89.6 Å². The Bertz CT molecular complexity index is 1280. The van der Waals surface area contributed by atoms with Crippen molar-refractivity contribution in [2.45, 2.75) is 0 Å². The van der Waals surface area contributed by atoms with Gasteiger partial charge in [0.2, 0.25) is 5.90 Å². The Labute approximate surface area is 195 Å². The van der Waals surface area contributed by atoms with Crippen LogP contribution in [0.25, 0.3) is 12.2 Å². The van der Waals surface area contributed by atoms with E-state index >= 15 is 0 Å². The summed E-state index contributed by atoms with van der Waals surface area (Å²) in [6, 6.07) is 21.1. The monoisotopic (exact) mass is 459 g/mol. The molecule has 0 saturated carbocycles. The maximum Gasteiger partial charge on any atom is 0.363 e. The summed E-state index contributed by atoms with van der Waals surface area (Å²) >= 11 is 5.86. The average Bonchev–Trinajstić information content (AvgIpc) is 3.20. The number of hydrogen-bond donors (Lipinski definition) is 0. The maximum absolute atomic E-state index is 12.2. The first-order valence-corrected chi connectivity index (χ1v) is 10.3. The Morgan fingerprint density at radius 1 is 0.970 bits per heavy atom. The van der Waals surface area contributed by atoms with E-state index in [1.165, 1.54) is 13.2 Å². The quantitative estimate of drug-likeness (QED) is 0.283. The number of nitrogens with zero attached hydrogens (tertiary/aromatic N) is 1. The minimum Gasteiger partial charge on any atom is -0.493 e. The molecular formula is C26H18ClNO5. The van der Waals surface area contributed by atoms with Gasteiger partial charge >= 0.3 is 11.9 Å². The number of hydrogen-bond acceptors (Lipinski definition) is 6. The van der Waals surface area contributed by atoms with Gasteiger partial charge in [0.15, 0.2) is 17.2 Å². The van der Waals surface area contributed by atoms with Crippen LogP contribution < -0.4 is 9.47 Å². The lowest BCUT2D eigenvalue weighted by Gasteiger charge is -2.08. The number of carbonyl (C=O) groups excluding carboxylic acids is 2. The van der Waals surface area contributed by atoms with Crippen molar-refractivity contribution in [3.63, 3.8) is 0 Å². The van der Waals surface area contributed by atoms with Crippen molar-refractivity contribution in [2.24, 2.45) is 4.99 Å². The summed E-state index contributed by atoms with van der Waals surface area (Å²) in [6.45, 7) is 0. The molecule has 0 N–H and O–H groups in total. The first-order chi connectivity index (χ1) is 16.0. The third kappa shape index (κ3) is 5.56. The Morgan fingerprint density at radius 2 is 1.70 bits per heavy atom. The molecule has 1 aliphatic heterocycles. The highest BCUT2D eigenvalue weighted by Gasteiger charge is 2.24. The summed E-state index contributed by atoms with van der Waals surface area (Å²) in [6.07, 6.45) is 4.51. The molecule has 0 atom stereocenters. The van der Waals surface area contributed by atoms with Crippen LogP contribution in [0, 0.1) is 0 Å². The van der Waals surface area contributed by atoms with E-state index in [1.54, 1.807) is 54.6 Å². The minimum absolute atomic E-state index is 0.159. The SMILES string of the molecule is COc1cc(/C=C2\N=C(c3ccccc3)OC2=O)ccc1OC(=O)/C=C/c1ccc(Cl)cc1. The summed E-state index contributed by atoms with van der Waals surface area (Å²) in [5, 5.41) is 0.613. The van der Waals surface area contributed by atoms with E-state index in [-0.39, 0.29) is 17.3 Å². The molecule has 0 radical (unpaired) electrons. The van der Waals surface area contributed by atoms with Gasteiger partial charge in [0.1, 0.15) is 0 Å². The molecule has 3 aromatic rings. The van der Waals surface area contributed by atoms with Crippen molar-refractivity contribution in [3.05, 3.63) is 106 Å². The Balaban J connectivity index is 1.50. The highest BCUT2D eigenvalue weighted by molar-refractivity contribution is 6.30. The van der Waals surface area contributed by atoms with Gasteiger partial charge in [-0.25, -0.2) is 14.6 Å². The van der Waals surface area contributed by atoms with Gasteiger partial charge in [-0.05, 0) is 59.7 Å². The van der Waals surface area contributed by atoms with Crippen LogP contribution >= 0.6 is 11.6 Å². The van der Waals surface area contributed by atoms with Crippen LogP contribution in [-0.2, 0) is 14.3 Å². The Morgan fingerprint density at radius 3 is 2.42 bits per heavy atom. The molecule has 0 saturated heterocycles. The molecule has 0 aromatic heterocycles. The molecule has 4 rings (SSSR count). The first-order valence-electron chi connectivity index (χ1n) is 9.93. The van der Waals surface area contributed by atoms with Gasteiger partial charge in [-0.2, -0.15) is 0 Å². The van der Waals surface area contributed by atoms with Crippen LogP contribution in [0.4, 0.5) is 0 Å². The molecular weight excluding hydrogens is 442 g/mol. The standard InChI is InChI=1S/C26H18ClNO5/c1-31-23-16-18(15-21-26(30)33-25(28-21)19-5-3-2-4-6-19)9-13-22(23)32-24(29)14-10-17-7-11-20(27)12-8-17/h2-16H,1H3/b14-10+,21-15-. The number of benzene rings is 3. The molecule has 33 heavy (non-hydrogen) atoms. The predicted molar refractivity (Wildman–Crippen MR) is 126 cm³/mol. The minimum atomic E-state index is -0.564. The summed E-state index contributed by atoms with van der Waals surface area (Å²) < 4.78 is 16.0. The molecule has 1 heterocycles. The molecule has 0 aliphatic carbocycles.